The van der Waals surface area contributed by atoms with Crippen molar-refractivity contribution in [2.24, 2.45) is 0 Å². The Hall–Kier alpha value is -1.53. The molecule has 0 fully saturated rings. The molecule has 0 aliphatic heterocycles. The Bertz CT molecular complexity index is 723. The van der Waals surface area contributed by atoms with Crippen LogP contribution < -0.4 is 4.72 Å². The van der Waals surface area contributed by atoms with Gasteiger partial charge in [0.05, 0.1) is 5.02 Å². The van der Waals surface area contributed by atoms with Crippen LogP contribution in [0, 0.1) is 20.8 Å². The standard InChI is InChI=1S/C12H14ClN3O2S/c1-7-4-5-11(10(13)6-7)19(17,18)16-12-8(2)9(3)14-15-12/h4-6H,1-3H3,(H2,14,15,16). The summed E-state index contributed by atoms with van der Waals surface area (Å²) in [5.41, 5.74) is 2.47. The summed E-state index contributed by atoms with van der Waals surface area (Å²) >= 11 is 5.98. The molecule has 0 saturated carbocycles. The summed E-state index contributed by atoms with van der Waals surface area (Å²) in [5.74, 6) is 0.286. The lowest BCUT2D eigenvalue weighted by atomic mass is 10.2. The van der Waals surface area contributed by atoms with Crippen LogP contribution in [0.15, 0.2) is 23.1 Å². The number of aromatic amines is 1. The van der Waals surface area contributed by atoms with E-state index in [1.807, 2.05) is 13.8 Å². The molecule has 102 valence electrons. The normalized spacial score (nSPS) is 11.6. The van der Waals surface area contributed by atoms with Crippen LogP contribution in [0.2, 0.25) is 5.02 Å². The lowest BCUT2D eigenvalue weighted by Crippen LogP contribution is -2.14. The van der Waals surface area contributed by atoms with E-state index in [1.54, 1.807) is 19.1 Å². The van der Waals surface area contributed by atoms with Crippen molar-refractivity contribution in [3.8, 4) is 0 Å². The molecule has 2 rings (SSSR count). The second kappa shape index (κ2) is 4.86. The SMILES string of the molecule is Cc1ccc(S(=O)(=O)Nc2n[nH]c(C)c2C)c(Cl)c1. The van der Waals surface area contributed by atoms with Gasteiger partial charge in [0, 0.05) is 11.3 Å². The second-order valence-electron chi connectivity index (χ2n) is 4.36. The van der Waals surface area contributed by atoms with Gasteiger partial charge < -0.3 is 0 Å². The first-order valence-corrected chi connectivity index (χ1v) is 7.48. The number of aryl methyl sites for hydroxylation is 2. The molecule has 0 amide bonds. The second-order valence-corrected chi connectivity index (χ2v) is 6.42. The van der Waals surface area contributed by atoms with E-state index >= 15 is 0 Å². The number of nitrogens with one attached hydrogen (secondary N) is 2. The highest BCUT2D eigenvalue weighted by atomic mass is 35.5. The van der Waals surface area contributed by atoms with Gasteiger partial charge in [-0.15, -0.1) is 0 Å². The summed E-state index contributed by atoms with van der Waals surface area (Å²) in [7, 11) is -3.73. The molecule has 2 N–H and O–H groups in total. The van der Waals surface area contributed by atoms with Crippen molar-refractivity contribution in [2.75, 3.05) is 4.72 Å². The van der Waals surface area contributed by atoms with Crippen LogP contribution in [0.4, 0.5) is 5.82 Å². The average molecular weight is 300 g/mol. The van der Waals surface area contributed by atoms with Crippen molar-refractivity contribution in [1.82, 2.24) is 10.2 Å². The lowest BCUT2D eigenvalue weighted by molar-refractivity contribution is 0.601. The van der Waals surface area contributed by atoms with E-state index in [-0.39, 0.29) is 15.7 Å². The maximum absolute atomic E-state index is 12.2. The smallest absolute Gasteiger partial charge is 0.264 e. The average Bonchev–Trinajstić information content (AvgIpc) is 2.60. The summed E-state index contributed by atoms with van der Waals surface area (Å²) in [4.78, 5) is 0.0415. The maximum atomic E-state index is 12.2. The summed E-state index contributed by atoms with van der Waals surface area (Å²) < 4.78 is 26.9. The van der Waals surface area contributed by atoms with Crippen LogP contribution >= 0.6 is 11.6 Å². The van der Waals surface area contributed by atoms with E-state index in [0.717, 1.165) is 16.8 Å². The Kier molecular flexibility index (Phi) is 3.56. The minimum Gasteiger partial charge on any atom is -0.280 e. The summed E-state index contributed by atoms with van der Waals surface area (Å²) in [6.07, 6.45) is 0. The number of rotatable bonds is 3. The van der Waals surface area contributed by atoms with Crippen LogP contribution in [0.3, 0.4) is 0 Å². The minimum atomic E-state index is -3.73. The van der Waals surface area contributed by atoms with Crippen LogP contribution in [-0.4, -0.2) is 18.6 Å². The fourth-order valence-electron chi connectivity index (χ4n) is 1.59. The van der Waals surface area contributed by atoms with Crippen LogP contribution in [0.5, 0.6) is 0 Å². The Balaban J connectivity index is 2.41. The molecule has 0 aliphatic carbocycles. The molecule has 0 spiro atoms. The van der Waals surface area contributed by atoms with Crippen LogP contribution in [0.1, 0.15) is 16.8 Å². The number of anilines is 1. The van der Waals surface area contributed by atoms with Crippen molar-refractivity contribution in [3.63, 3.8) is 0 Å². The van der Waals surface area contributed by atoms with Gasteiger partial charge in [-0.2, -0.15) is 5.10 Å². The molecule has 0 aliphatic rings. The number of hydrogen-bond donors (Lipinski definition) is 2. The van der Waals surface area contributed by atoms with Crippen molar-refractivity contribution >= 4 is 27.4 Å². The zero-order valence-electron chi connectivity index (χ0n) is 10.8. The quantitative estimate of drug-likeness (QED) is 0.915. The molecule has 0 bridgehead atoms. The first-order valence-electron chi connectivity index (χ1n) is 5.62. The summed E-state index contributed by atoms with van der Waals surface area (Å²) in [6.45, 7) is 5.45. The molecular weight excluding hydrogens is 286 g/mol. The highest BCUT2D eigenvalue weighted by Gasteiger charge is 2.20. The Labute approximate surface area is 117 Å². The molecule has 2 aromatic rings. The van der Waals surface area contributed by atoms with Crippen molar-refractivity contribution < 1.29 is 8.42 Å². The Morgan fingerprint density at radius 1 is 1.26 bits per heavy atom. The van der Waals surface area contributed by atoms with Crippen LogP contribution in [0.25, 0.3) is 0 Å². The van der Waals surface area contributed by atoms with Gasteiger partial charge in [-0.25, -0.2) is 8.42 Å². The fraction of sp³-hybridized carbons (Fsp3) is 0.250. The zero-order valence-corrected chi connectivity index (χ0v) is 12.4. The number of nitrogens with zero attached hydrogens (tertiary/aromatic N) is 1. The molecule has 19 heavy (non-hydrogen) atoms. The highest BCUT2D eigenvalue weighted by Crippen LogP contribution is 2.25. The van der Waals surface area contributed by atoms with Gasteiger partial charge in [-0.3, -0.25) is 9.82 Å². The van der Waals surface area contributed by atoms with Gasteiger partial charge in [0.25, 0.3) is 10.0 Å². The number of aromatic nitrogens is 2. The third kappa shape index (κ3) is 2.74. The van der Waals surface area contributed by atoms with Crippen molar-refractivity contribution in [2.45, 2.75) is 25.7 Å². The summed E-state index contributed by atoms with van der Waals surface area (Å²) in [6, 6.07) is 4.79. The van der Waals surface area contributed by atoms with Gasteiger partial charge in [-0.05, 0) is 38.5 Å². The predicted octanol–water partition coefficient (Wildman–Crippen LogP) is 2.79. The fourth-order valence-corrected chi connectivity index (χ4v) is 3.26. The molecule has 0 saturated heterocycles. The van der Waals surface area contributed by atoms with Gasteiger partial charge in [0.2, 0.25) is 0 Å². The van der Waals surface area contributed by atoms with Gasteiger partial charge >= 0.3 is 0 Å². The molecule has 5 nitrogen and oxygen atoms in total. The van der Waals surface area contributed by atoms with Crippen molar-refractivity contribution in [1.29, 1.82) is 0 Å². The number of halogens is 1. The first kappa shape index (κ1) is 13.9. The Morgan fingerprint density at radius 2 is 1.95 bits per heavy atom. The molecule has 1 aromatic heterocycles. The van der Waals surface area contributed by atoms with Crippen LogP contribution in [-0.2, 0) is 10.0 Å². The highest BCUT2D eigenvalue weighted by molar-refractivity contribution is 7.92. The Morgan fingerprint density at radius 3 is 2.47 bits per heavy atom. The molecule has 0 unspecified atom stereocenters. The molecule has 0 radical (unpaired) electrons. The number of H-pyrrole nitrogens is 1. The van der Waals surface area contributed by atoms with Gasteiger partial charge in [-0.1, -0.05) is 17.7 Å². The number of benzene rings is 1. The lowest BCUT2D eigenvalue weighted by Gasteiger charge is -2.08. The predicted molar refractivity (Wildman–Crippen MR) is 75.1 cm³/mol. The van der Waals surface area contributed by atoms with E-state index in [4.69, 9.17) is 11.6 Å². The molecule has 1 heterocycles. The zero-order chi connectivity index (χ0) is 14.2. The molecule has 7 heteroatoms. The third-order valence-electron chi connectivity index (χ3n) is 2.86. The molecule has 1 aromatic carbocycles. The maximum Gasteiger partial charge on any atom is 0.264 e. The van der Waals surface area contributed by atoms with E-state index in [2.05, 4.69) is 14.9 Å². The first-order chi connectivity index (χ1) is 8.81. The molecular formula is C12H14ClN3O2S. The summed E-state index contributed by atoms with van der Waals surface area (Å²) in [5, 5.41) is 6.83. The van der Waals surface area contributed by atoms with E-state index in [0.29, 0.717) is 0 Å². The largest absolute Gasteiger partial charge is 0.280 e. The molecule has 0 atom stereocenters. The number of sulfonamides is 1. The topological polar surface area (TPSA) is 74.8 Å². The third-order valence-corrected chi connectivity index (χ3v) is 4.68. The van der Waals surface area contributed by atoms with Gasteiger partial charge in [0.15, 0.2) is 5.82 Å². The van der Waals surface area contributed by atoms with Crippen molar-refractivity contribution in [3.05, 3.63) is 40.0 Å². The monoisotopic (exact) mass is 299 g/mol. The van der Waals surface area contributed by atoms with E-state index in [9.17, 15) is 8.42 Å². The van der Waals surface area contributed by atoms with E-state index < -0.39 is 10.0 Å². The number of hydrogen-bond acceptors (Lipinski definition) is 3. The minimum absolute atomic E-state index is 0.0415. The van der Waals surface area contributed by atoms with E-state index in [1.165, 1.54) is 6.07 Å². The van der Waals surface area contributed by atoms with Gasteiger partial charge in [0.1, 0.15) is 4.90 Å².